The molecule has 0 bridgehead atoms. The molecule has 6 nitrogen and oxygen atoms in total. The van der Waals surface area contributed by atoms with Gasteiger partial charge in [0.2, 0.25) is 5.91 Å². The second kappa shape index (κ2) is 6.00. The molecule has 1 aromatic carbocycles. The third kappa shape index (κ3) is 2.62. The summed E-state index contributed by atoms with van der Waals surface area (Å²) < 4.78 is 1.13. The first-order chi connectivity index (χ1) is 12.7. The Labute approximate surface area is 157 Å². The fraction of sp³-hybridized carbons (Fsp3) is 0.222. The minimum Gasteiger partial charge on any atom is -0.346 e. The van der Waals surface area contributed by atoms with Crippen LogP contribution in [0.4, 0.5) is 0 Å². The summed E-state index contributed by atoms with van der Waals surface area (Å²) in [5, 5.41) is 5.93. The van der Waals surface area contributed by atoms with Gasteiger partial charge in [0.05, 0.1) is 27.5 Å². The standard InChI is InChI=1S/C18H15N5OS2/c1-9-7-25-18(20-9)16-15(10-2-3-11-13(6-10)26-8-19-11)22-17(23-16)12-4-5-14(24)21-12/h2-3,6-8,12H,4-5H2,1H3,(H,21,24)(H,22,23)/t12-/m0/s1. The Bertz CT molecular complexity index is 1130. The van der Waals surface area contributed by atoms with Gasteiger partial charge in [0.15, 0.2) is 0 Å². The molecule has 26 heavy (non-hydrogen) atoms. The van der Waals surface area contributed by atoms with Gasteiger partial charge >= 0.3 is 0 Å². The zero-order chi connectivity index (χ0) is 17.7. The topological polar surface area (TPSA) is 83.6 Å². The average Bonchev–Trinajstić information content (AvgIpc) is 3.39. The Morgan fingerprint density at radius 1 is 1.23 bits per heavy atom. The van der Waals surface area contributed by atoms with Crippen molar-refractivity contribution >= 4 is 38.8 Å². The lowest BCUT2D eigenvalue weighted by Crippen LogP contribution is -2.19. The fourth-order valence-electron chi connectivity index (χ4n) is 3.21. The zero-order valence-corrected chi connectivity index (χ0v) is 15.6. The van der Waals surface area contributed by atoms with Crippen molar-refractivity contribution in [2.45, 2.75) is 25.8 Å². The first kappa shape index (κ1) is 15.7. The molecule has 4 aromatic rings. The number of thiazole rings is 2. The summed E-state index contributed by atoms with van der Waals surface area (Å²) >= 11 is 3.21. The van der Waals surface area contributed by atoms with Crippen LogP contribution < -0.4 is 5.32 Å². The van der Waals surface area contributed by atoms with Crippen molar-refractivity contribution in [2.75, 3.05) is 0 Å². The Morgan fingerprint density at radius 3 is 2.92 bits per heavy atom. The Balaban J connectivity index is 1.66. The number of hydrogen-bond donors (Lipinski definition) is 2. The molecule has 0 saturated carbocycles. The number of aryl methyl sites for hydroxylation is 1. The maximum absolute atomic E-state index is 11.6. The van der Waals surface area contributed by atoms with Gasteiger partial charge in [0, 0.05) is 23.1 Å². The lowest BCUT2D eigenvalue weighted by molar-refractivity contribution is -0.119. The van der Waals surface area contributed by atoms with Crippen LogP contribution in [-0.4, -0.2) is 25.8 Å². The summed E-state index contributed by atoms with van der Waals surface area (Å²) in [4.78, 5) is 28.9. The number of H-pyrrole nitrogens is 1. The van der Waals surface area contributed by atoms with E-state index < -0.39 is 0 Å². The van der Waals surface area contributed by atoms with E-state index in [0.717, 1.165) is 50.1 Å². The van der Waals surface area contributed by atoms with E-state index in [4.69, 9.17) is 4.98 Å². The molecule has 1 fully saturated rings. The quantitative estimate of drug-likeness (QED) is 0.560. The minimum absolute atomic E-state index is 0.0665. The molecule has 2 N–H and O–H groups in total. The van der Waals surface area contributed by atoms with Crippen molar-refractivity contribution in [1.82, 2.24) is 25.3 Å². The highest BCUT2D eigenvalue weighted by molar-refractivity contribution is 7.16. The first-order valence-electron chi connectivity index (χ1n) is 8.33. The maximum Gasteiger partial charge on any atom is 0.220 e. The summed E-state index contributed by atoms with van der Waals surface area (Å²) in [5.41, 5.74) is 6.62. The van der Waals surface area contributed by atoms with Crippen molar-refractivity contribution in [3.05, 3.63) is 40.6 Å². The summed E-state index contributed by atoms with van der Waals surface area (Å²) in [6.45, 7) is 1.98. The molecule has 1 amide bonds. The third-order valence-electron chi connectivity index (χ3n) is 4.49. The normalized spacial score (nSPS) is 17.1. The number of imidazole rings is 1. The fourth-order valence-corrected chi connectivity index (χ4v) is 4.72. The third-order valence-corrected chi connectivity index (χ3v) is 6.25. The van der Waals surface area contributed by atoms with Crippen LogP contribution in [0.15, 0.2) is 29.1 Å². The molecule has 1 aliphatic rings. The lowest BCUT2D eigenvalue weighted by atomic mass is 10.1. The van der Waals surface area contributed by atoms with Gasteiger partial charge in [-0.1, -0.05) is 6.07 Å². The molecule has 1 aliphatic heterocycles. The Kier molecular flexibility index (Phi) is 3.61. The monoisotopic (exact) mass is 381 g/mol. The molecule has 8 heteroatoms. The minimum atomic E-state index is -0.0665. The number of nitrogens with zero attached hydrogens (tertiary/aromatic N) is 3. The molecule has 130 valence electrons. The predicted molar refractivity (Wildman–Crippen MR) is 103 cm³/mol. The van der Waals surface area contributed by atoms with Crippen LogP contribution in [-0.2, 0) is 4.79 Å². The summed E-state index contributed by atoms with van der Waals surface area (Å²) in [5.74, 6) is 0.865. The highest BCUT2D eigenvalue weighted by Crippen LogP contribution is 2.36. The number of benzene rings is 1. The highest BCUT2D eigenvalue weighted by atomic mass is 32.1. The largest absolute Gasteiger partial charge is 0.346 e. The Hall–Kier alpha value is -2.58. The highest BCUT2D eigenvalue weighted by Gasteiger charge is 2.27. The zero-order valence-electron chi connectivity index (χ0n) is 13.9. The number of hydrogen-bond acceptors (Lipinski definition) is 6. The second-order valence-corrected chi connectivity index (χ2v) is 8.08. The lowest BCUT2D eigenvalue weighted by Gasteiger charge is -2.04. The van der Waals surface area contributed by atoms with E-state index in [1.165, 1.54) is 0 Å². The molecular formula is C18H15N5OS2. The van der Waals surface area contributed by atoms with Crippen molar-refractivity contribution in [3.63, 3.8) is 0 Å². The van der Waals surface area contributed by atoms with E-state index >= 15 is 0 Å². The average molecular weight is 381 g/mol. The second-order valence-electron chi connectivity index (χ2n) is 6.33. The van der Waals surface area contributed by atoms with Gasteiger partial charge in [-0.2, -0.15) is 0 Å². The van der Waals surface area contributed by atoms with E-state index in [1.807, 2.05) is 29.9 Å². The Morgan fingerprint density at radius 2 is 2.15 bits per heavy atom. The SMILES string of the molecule is Cc1csc(-c2[nH]c([C@@H]3CCC(=O)N3)nc2-c2ccc3ncsc3c2)n1. The number of fused-ring (bicyclic) bond motifs is 1. The van der Waals surface area contributed by atoms with E-state index in [-0.39, 0.29) is 11.9 Å². The van der Waals surface area contributed by atoms with Crippen LogP contribution in [0.3, 0.4) is 0 Å². The van der Waals surface area contributed by atoms with Gasteiger partial charge in [0.25, 0.3) is 0 Å². The molecule has 0 aliphatic carbocycles. The predicted octanol–water partition coefficient (Wildman–Crippen LogP) is 4.07. The van der Waals surface area contributed by atoms with Crippen molar-refractivity contribution in [2.24, 2.45) is 0 Å². The number of aromatic nitrogens is 4. The van der Waals surface area contributed by atoms with Crippen LogP contribution >= 0.6 is 22.7 Å². The molecule has 4 heterocycles. The van der Waals surface area contributed by atoms with Crippen LogP contribution in [0.1, 0.15) is 30.4 Å². The van der Waals surface area contributed by atoms with Gasteiger partial charge in [-0.15, -0.1) is 22.7 Å². The maximum atomic E-state index is 11.6. The van der Waals surface area contributed by atoms with Crippen molar-refractivity contribution in [3.8, 4) is 22.0 Å². The number of nitrogens with one attached hydrogen (secondary N) is 2. The molecule has 5 rings (SSSR count). The van der Waals surface area contributed by atoms with Gasteiger partial charge in [-0.3, -0.25) is 4.79 Å². The van der Waals surface area contributed by atoms with E-state index in [0.29, 0.717) is 6.42 Å². The number of rotatable bonds is 3. The smallest absolute Gasteiger partial charge is 0.220 e. The van der Waals surface area contributed by atoms with Crippen molar-refractivity contribution in [1.29, 1.82) is 0 Å². The molecule has 1 saturated heterocycles. The molecule has 0 spiro atoms. The molecular weight excluding hydrogens is 366 g/mol. The van der Waals surface area contributed by atoms with Crippen LogP contribution in [0, 0.1) is 6.92 Å². The first-order valence-corrected chi connectivity index (χ1v) is 10.1. The number of carbonyl (C=O) groups excluding carboxylic acids is 1. The summed E-state index contributed by atoms with van der Waals surface area (Å²) in [6, 6.07) is 6.11. The molecule has 0 radical (unpaired) electrons. The van der Waals surface area contributed by atoms with Gasteiger partial charge in [0.1, 0.15) is 16.5 Å². The summed E-state index contributed by atoms with van der Waals surface area (Å²) in [7, 11) is 0. The van der Waals surface area contributed by atoms with Gasteiger partial charge in [-0.05, 0) is 25.5 Å². The number of amides is 1. The molecule has 3 aromatic heterocycles. The van der Waals surface area contributed by atoms with Crippen LogP contribution in [0.2, 0.25) is 0 Å². The summed E-state index contributed by atoms with van der Waals surface area (Å²) in [6.07, 6.45) is 1.30. The molecule has 1 atom stereocenters. The van der Waals surface area contributed by atoms with E-state index in [9.17, 15) is 4.79 Å². The van der Waals surface area contributed by atoms with Crippen LogP contribution in [0.25, 0.3) is 32.2 Å². The van der Waals surface area contributed by atoms with E-state index in [2.05, 4.69) is 26.3 Å². The van der Waals surface area contributed by atoms with Gasteiger partial charge in [-0.25, -0.2) is 15.0 Å². The molecule has 0 unspecified atom stereocenters. The number of carbonyl (C=O) groups is 1. The van der Waals surface area contributed by atoms with E-state index in [1.54, 1.807) is 22.7 Å². The number of aromatic amines is 1. The van der Waals surface area contributed by atoms with Crippen molar-refractivity contribution < 1.29 is 4.79 Å². The van der Waals surface area contributed by atoms with Gasteiger partial charge < -0.3 is 10.3 Å². The van der Waals surface area contributed by atoms with Crippen LogP contribution in [0.5, 0.6) is 0 Å².